The highest BCUT2D eigenvalue weighted by molar-refractivity contribution is 14.1. The number of rotatable bonds is 10. The van der Waals surface area contributed by atoms with E-state index in [4.69, 9.17) is 25.0 Å². The third-order valence-corrected chi connectivity index (χ3v) is 5.40. The van der Waals surface area contributed by atoms with Crippen LogP contribution in [0, 0.1) is 0 Å². The van der Waals surface area contributed by atoms with Crippen molar-refractivity contribution in [2.24, 2.45) is 5.73 Å². The minimum atomic E-state index is -3.59. The van der Waals surface area contributed by atoms with Gasteiger partial charge in [0.1, 0.15) is 16.4 Å². The Hall–Kier alpha value is -1.16. The highest BCUT2D eigenvalue weighted by Gasteiger charge is 2.28. The van der Waals surface area contributed by atoms with Gasteiger partial charge in [-0.15, -0.1) is 0 Å². The second-order valence-corrected chi connectivity index (χ2v) is 7.35. The zero-order chi connectivity index (χ0) is 17.5. The van der Waals surface area contributed by atoms with Gasteiger partial charge in [0.2, 0.25) is 0 Å². The van der Waals surface area contributed by atoms with Crippen LogP contribution in [0.4, 0.5) is 0 Å². The zero-order valence-corrected chi connectivity index (χ0v) is 15.1. The van der Waals surface area contributed by atoms with Gasteiger partial charge < -0.3 is 20.5 Å². The molecule has 128 valence electrons. The Morgan fingerprint density at radius 1 is 1.35 bits per heavy atom. The van der Waals surface area contributed by atoms with Crippen LogP contribution in [0.2, 0.25) is 0 Å². The number of carbonyl (C=O) groups is 2. The first-order valence-corrected chi connectivity index (χ1v) is 9.79. The summed E-state index contributed by atoms with van der Waals surface area (Å²) in [7, 11) is -3.59. The number of carboxylic acid groups (broad SMARTS) is 2. The molecule has 10 heteroatoms. The number of aliphatic carboxylic acids is 2. The third kappa shape index (κ3) is 7.30. The van der Waals surface area contributed by atoms with Gasteiger partial charge in [-0.2, -0.15) is 0 Å². The van der Waals surface area contributed by atoms with E-state index in [0.29, 0.717) is 5.56 Å². The van der Waals surface area contributed by atoms with Crippen LogP contribution in [0.3, 0.4) is 0 Å². The summed E-state index contributed by atoms with van der Waals surface area (Å²) in [6, 6.07) is 4.99. The van der Waals surface area contributed by atoms with Crippen molar-refractivity contribution < 1.29 is 33.4 Å². The van der Waals surface area contributed by atoms with E-state index in [0.717, 1.165) is 0 Å². The number of halogens is 1. The molecule has 0 fully saturated rings. The molecular weight excluding hydrogens is 440 g/mol. The summed E-state index contributed by atoms with van der Waals surface area (Å²) >= 11 is 1.85. The highest BCUT2D eigenvalue weighted by Crippen LogP contribution is 2.49. The van der Waals surface area contributed by atoms with Crippen molar-refractivity contribution in [2.75, 3.05) is 10.8 Å². The molecule has 0 aliphatic carbocycles. The van der Waals surface area contributed by atoms with E-state index >= 15 is 0 Å². The van der Waals surface area contributed by atoms with Crippen molar-refractivity contribution in [3.63, 3.8) is 0 Å². The van der Waals surface area contributed by atoms with Crippen LogP contribution in [0.25, 0.3) is 0 Å². The van der Waals surface area contributed by atoms with Crippen molar-refractivity contribution in [3.05, 3.63) is 29.8 Å². The van der Waals surface area contributed by atoms with E-state index < -0.39 is 25.6 Å². The van der Waals surface area contributed by atoms with Crippen molar-refractivity contribution in [2.45, 2.75) is 18.9 Å². The Morgan fingerprint density at radius 2 is 2.04 bits per heavy atom. The highest BCUT2D eigenvalue weighted by atomic mass is 127. The van der Waals surface area contributed by atoms with Crippen LogP contribution < -0.4 is 10.3 Å². The average molecular weight is 457 g/mol. The number of hydrogen-bond acceptors (Lipinski definition) is 6. The topological polar surface area (TPSA) is 136 Å². The van der Waals surface area contributed by atoms with Crippen LogP contribution in [0.1, 0.15) is 12.0 Å². The van der Waals surface area contributed by atoms with Crippen molar-refractivity contribution >= 4 is 42.1 Å². The molecule has 8 nitrogen and oxygen atoms in total. The molecule has 2 atom stereocenters. The SMILES string of the molecule is N[C@@H](CCP(=O)(OCI)Oc1cccc(CC(=O)O)c1)C(=O)O. The monoisotopic (exact) mass is 457 g/mol. The second-order valence-electron chi connectivity index (χ2n) is 4.62. The molecule has 0 aliphatic rings. The average Bonchev–Trinajstić information content (AvgIpc) is 2.44. The number of alkyl halides is 1. The Bertz CT molecular complexity index is 610. The van der Waals surface area contributed by atoms with E-state index in [9.17, 15) is 14.2 Å². The van der Waals surface area contributed by atoms with Crippen LogP contribution in [-0.4, -0.2) is 39.0 Å². The summed E-state index contributed by atoms with van der Waals surface area (Å²) in [5, 5.41) is 17.5. The third-order valence-electron chi connectivity index (χ3n) is 2.77. The van der Waals surface area contributed by atoms with E-state index in [-0.39, 0.29) is 29.4 Å². The molecular formula is C13H17INO7P. The lowest BCUT2D eigenvalue weighted by Gasteiger charge is -2.19. The largest absolute Gasteiger partial charge is 0.481 e. The molecule has 1 aromatic carbocycles. The Morgan fingerprint density at radius 3 is 2.61 bits per heavy atom. The summed E-state index contributed by atoms with van der Waals surface area (Å²) in [6.07, 6.45) is -0.427. The zero-order valence-electron chi connectivity index (χ0n) is 12.1. The molecule has 0 radical (unpaired) electrons. The Kier molecular flexibility index (Phi) is 7.97. The summed E-state index contributed by atoms with van der Waals surface area (Å²) < 4.78 is 23.2. The molecule has 1 aromatic rings. The lowest BCUT2D eigenvalue weighted by molar-refractivity contribution is -0.138. The number of benzene rings is 1. The summed E-state index contributed by atoms with van der Waals surface area (Å²) in [4.78, 5) is 21.4. The van der Waals surface area contributed by atoms with Gasteiger partial charge in [-0.1, -0.05) is 34.7 Å². The Balaban J connectivity index is 2.83. The first kappa shape index (κ1) is 19.9. The molecule has 0 saturated heterocycles. The molecule has 0 aromatic heterocycles. The quantitative estimate of drug-likeness (QED) is 0.276. The van der Waals surface area contributed by atoms with Crippen LogP contribution in [0.15, 0.2) is 24.3 Å². The second kappa shape index (κ2) is 9.21. The molecule has 23 heavy (non-hydrogen) atoms. The maximum Gasteiger partial charge on any atom is 0.380 e. The van der Waals surface area contributed by atoms with Gasteiger partial charge in [0.25, 0.3) is 0 Å². The standard InChI is InChI=1S/C13H17INO7P/c14-8-21-23(20,5-4-11(15)13(18)19)22-10-3-1-2-9(6-10)7-12(16)17/h1-3,6,11H,4-5,7-8,15H2,(H,16,17)(H,18,19)/t11-,23?/m0/s1. The molecule has 0 aliphatic heterocycles. The number of nitrogens with two attached hydrogens (primary N) is 1. The van der Waals surface area contributed by atoms with E-state index in [1.165, 1.54) is 12.1 Å². The summed E-state index contributed by atoms with van der Waals surface area (Å²) in [5.41, 5.74) is 5.88. The molecule has 0 heterocycles. The van der Waals surface area contributed by atoms with Gasteiger partial charge >= 0.3 is 19.5 Å². The van der Waals surface area contributed by atoms with Gasteiger partial charge in [-0.3, -0.25) is 14.1 Å². The van der Waals surface area contributed by atoms with Gasteiger partial charge in [-0.25, -0.2) is 4.57 Å². The lowest BCUT2D eigenvalue weighted by atomic mass is 10.1. The van der Waals surface area contributed by atoms with E-state index in [1.807, 2.05) is 22.6 Å². The molecule has 0 saturated carbocycles. The fraction of sp³-hybridized carbons (Fsp3) is 0.385. The predicted octanol–water partition coefficient (Wildman–Crippen LogP) is 2.10. The molecule has 1 unspecified atom stereocenters. The normalized spacial score (nSPS) is 14.7. The lowest BCUT2D eigenvalue weighted by Crippen LogP contribution is -2.31. The number of hydrogen-bond donors (Lipinski definition) is 3. The first-order chi connectivity index (χ1) is 10.8. The molecule has 0 amide bonds. The minimum absolute atomic E-state index is 0.0714. The van der Waals surface area contributed by atoms with Crippen LogP contribution in [0.5, 0.6) is 5.75 Å². The maximum atomic E-state index is 12.6. The van der Waals surface area contributed by atoms with E-state index in [1.54, 1.807) is 12.1 Å². The number of carboxylic acids is 2. The smallest absolute Gasteiger partial charge is 0.380 e. The van der Waals surface area contributed by atoms with Crippen LogP contribution in [-0.2, 0) is 25.1 Å². The summed E-state index contributed by atoms with van der Waals surface area (Å²) in [6.45, 7) is 0. The molecule has 4 N–H and O–H groups in total. The van der Waals surface area contributed by atoms with Gasteiger partial charge in [0.05, 0.1) is 12.6 Å². The molecule has 0 bridgehead atoms. The maximum absolute atomic E-state index is 12.6. The molecule has 1 rings (SSSR count). The van der Waals surface area contributed by atoms with Crippen molar-refractivity contribution in [1.29, 1.82) is 0 Å². The fourth-order valence-corrected chi connectivity index (χ4v) is 4.40. The van der Waals surface area contributed by atoms with Crippen molar-refractivity contribution in [3.8, 4) is 5.75 Å². The van der Waals surface area contributed by atoms with Gasteiger partial charge in [0, 0.05) is 0 Å². The predicted molar refractivity (Wildman–Crippen MR) is 91.1 cm³/mol. The van der Waals surface area contributed by atoms with Crippen LogP contribution >= 0.6 is 30.2 Å². The Labute approximate surface area is 146 Å². The fourth-order valence-electron chi connectivity index (χ4n) is 1.68. The van der Waals surface area contributed by atoms with Crippen molar-refractivity contribution in [1.82, 2.24) is 0 Å². The van der Waals surface area contributed by atoms with Gasteiger partial charge in [-0.05, 0) is 24.1 Å². The van der Waals surface area contributed by atoms with Gasteiger partial charge in [0.15, 0.2) is 0 Å². The first-order valence-electron chi connectivity index (χ1n) is 6.54. The van der Waals surface area contributed by atoms with E-state index in [2.05, 4.69) is 0 Å². The summed E-state index contributed by atoms with van der Waals surface area (Å²) in [5.74, 6) is -2.00. The molecule has 0 spiro atoms. The minimum Gasteiger partial charge on any atom is -0.481 e.